The summed E-state index contributed by atoms with van der Waals surface area (Å²) in [6.45, 7) is 2.30. The maximum atomic E-state index is 12.6. The van der Waals surface area contributed by atoms with E-state index >= 15 is 0 Å². The van der Waals surface area contributed by atoms with Crippen molar-refractivity contribution in [2.24, 2.45) is 5.92 Å². The normalized spacial score (nSPS) is 17.2. The molecule has 1 fully saturated rings. The molecule has 1 unspecified atom stereocenters. The summed E-state index contributed by atoms with van der Waals surface area (Å²) >= 11 is 0. The molecule has 0 spiro atoms. The number of hydrogen-bond acceptors (Lipinski definition) is 5. The molecular weight excluding hydrogens is 310 g/mol. The fraction of sp³-hybridized carbons (Fsp3) is 0.375. The van der Waals surface area contributed by atoms with Crippen molar-refractivity contribution in [2.45, 2.75) is 6.42 Å². The fourth-order valence-corrected chi connectivity index (χ4v) is 3.02. The Labute approximate surface area is 139 Å². The first kappa shape index (κ1) is 16.1. The predicted octanol–water partition coefficient (Wildman–Crippen LogP) is 1.46. The van der Waals surface area contributed by atoms with Gasteiger partial charge in [0.05, 0.1) is 4.92 Å². The standard InChI is InChI=1S/C16H19N5O3/c1-17-10-12-6-8-19(11-12)16(22)13-7-9-20(18-13)14-4-2-3-5-15(14)21(23)24/h2-5,7,9,12,17H,6,8,10-11H2,1H3. The quantitative estimate of drug-likeness (QED) is 0.662. The van der Waals surface area contributed by atoms with Gasteiger partial charge in [0.25, 0.3) is 11.6 Å². The monoisotopic (exact) mass is 329 g/mol. The van der Waals surface area contributed by atoms with Gasteiger partial charge in [-0.25, -0.2) is 4.68 Å². The molecule has 1 aromatic carbocycles. The number of nitrogens with zero attached hydrogens (tertiary/aromatic N) is 4. The molecule has 0 bridgehead atoms. The molecule has 1 amide bonds. The van der Waals surface area contributed by atoms with E-state index < -0.39 is 4.92 Å². The number of rotatable bonds is 5. The lowest BCUT2D eigenvalue weighted by Gasteiger charge is -2.15. The molecule has 1 saturated heterocycles. The summed E-state index contributed by atoms with van der Waals surface area (Å²) in [5.41, 5.74) is 0.601. The highest BCUT2D eigenvalue weighted by Gasteiger charge is 2.28. The maximum absolute atomic E-state index is 12.6. The van der Waals surface area contributed by atoms with Crippen LogP contribution in [0.15, 0.2) is 36.5 Å². The van der Waals surface area contributed by atoms with Crippen molar-refractivity contribution in [2.75, 3.05) is 26.7 Å². The van der Waals surface area contributed by atoms with Crippen molar-refractivity contribution in [1.29, 1.82) is 0 Å². The number of hydrogen-bond donors (Lipinski definition) is 1. The molecule has 0 radical (unpaired) electrons. The number of aromatic nitrogens is 2. The Morgan fingerprint density at radius 1 is 1.42 bits per heavy atom. The first-order valence-electron chi connectivity index (χ1n) is 7.83. The Kier molecular flexibility index (Phi) is 4.57. The van der Waals surface area contributed by atoms with Gasteiger partial charge in [0.1, 0.15) is 5.69 Å². The SMILES string of the molecule is CNCC1CCN(C(=O)c2ccn(-c3ccccc3[N+](=O)[O-])n2)C1. The first-order chi connectivity index (χ1) is 11.6. The molecule has 1 aliphatic heterocycles. The number of likely N-dealkylation sites (tertiary alicyclic amines) is 1. The lowest BCUT2D eigenvalue weighted by molar-refractivity contribution is -0.384. The van der Waals surface area contributed by atoms with Gasteiger partial charge >= 0.3 is 0 Å². The number of benzene rings is 1. The molecule has 2 aromatic rings. The molecule has 24 heavy (non-hydrogen) atoms. The molecule has 1 atom stereocenters. The van der Waals surface area contributed by atoms with E-state index in [-0.39, 0.29) is 11.6 Å². The van der Waals surface area contributed by atoms with Crippen LogP contribution in [0.3, 0.4) is 0 Å². The second-order valence-corrected chi connectivity index (χ2v) is 5.85. The van der Waals surface area contributed by atoms with Crippen molar-refractivity contribution >= 4 is 11.6 Å². The lowest BCUT2D eigenvalue weighted by atomic mass is 10.1. The van der Waals surface area contributed by atoms with E-state index in [0.29, 0.717) is 30.4 Å². The Hall–Kier alpha value is -2.74. The topological polar surface area (TPSA) is 93.3 Å². The van der Waals surface area contributed by atoms with Gasteiger partial charge in [0, 0.05) is 25.4 Å². The second kappa shape index (κ2) is 6.79. The number of amides is 1. The Morgan fingerprint density at radius 2 is 2.21 bits per heavy atom. The van der Waals surface area contributed by atoms with Crippen LogP contribution in [0.4, 0.5) is 5.69 Å². The van der Waals surface area contributed by atoms with E-state index in [4.69, 9.17) is 0 Å². The van der Waals surface area contributed by atoms with Crippen LogP contribution in [0.1, 0.15) is 16.9 Å². The number of nitrogens with one attached hydrogen (secondary N) is 1. The number of nitro benzene ring substituents is 1. The van der Waals surface area contributed by atoms with Crippen molar-refractivity contribution in [3.8, 4) is 5.69 Å². The summed E-state index contributed by atoms with van der Waals surface area (Å²) in [4.78, 5) is 25.0. The van der Waals surface area contributed by atoms with Crippen molar-refractivity contribution in [3.05, 3.63) is 52.3 Å². The summed E-state index contributed by atoms with van der Waals surface area (Å²) < 4.78 is 1.38. The zero-order valence-corrected chi connectivity index (χ0v) is 13.4. The highest BCUT2D eigenvalue weighted by atomic mass is 16.6. The van der Waals surface area contributed by atoms with Gasteiger partial charge in [-0.3, -0.25) is 14.9 Å². The van der Waals surface area contributed by atoms with Gasteiger partial charge in [-0.15, -0.1) is 0 Å². The largest absolute Gasteiger partial charge is 0.337 e. The van der Waals surface area contributed by atoms with Crippen molar-refractivity contribution in [1.82, 2.24) is 20.0 Å². The van der Waals surface area contributed by atoms with Crippen LogP contribution in [0, 0.1) is 16.0 Å². The Morgan fingerprint density at radius 3 is 2.96 bits per heavy atom. The molecule has 126 valence electrons. The molecule has 3 rings (SSSR count). The number of carbonyl (C=O) groups excluding carboxylic acids is 1. The summed E-state index contributed by atoms with van der Waals surface area (Å²) in [7, 11) is 1.90. The van der Waals surface area contributed by atoms with Crippen LogP contribution in [0.25, 0.3) is 5.69 Å². The van der Waals surface area contributed by atoms with Gasteiger partial charge < -0.3 is 10.2 Å². The van der Waals surface area contributed by atoms with Crippen LogP contribution in [0.5, 0.6) is 0 Å². The number of carbonyl (C=O) groups is 1. The van der Waals surface area contributed by atoms with E-state index in [1.54, 1.807) is 35.4 Å². The average Bonchev–Trinajstić information content (AvgIpc) is 3.24. The van der Waals surface area contributed by atoms with Crippen LogP contribution >= 0.6 is 0 Å². The number of para-hydroxylation sites is 2. The molecule has 8 nitrogen and oxygen atoms in total. The van der Waals surface area contributed by atoms with Gasteiger partial charge in [0.2, 0.25) is 0 Å². The van der Waals surface area contributed by atoms with Gasteiger partial charge in [-0.05, 0) is 38.1 Å². The minimum Gasteiger partial charge on any atom is -0.337 e. The van der Waals surface area contributed by atoms with Crippen LogP contribution in [0.2, 0.25) is 0 Å². The van der Waals surface area contributed by atoms with Crippen LogP contribution in [-0.2, 0) is 0 Å². The van der Waals surface area contributed by atoms with E-state index in [0.717, 1.165) is 13.0 Å². The first-order valence-corrected chi connectivity index (χ1v) is 7.83. The second-order valence-electron chi connectivity index (χ2n) is 5.85. The van der Waals surface area contributed by atoms with Gasteiger partial charge in [-0.2, -0.15) is 5.10 Å². The molecule has 2 heterocycles. The van der Waals surface area contributed by atoms with Crippen LogP contribution in [-0.4, -0.2) is 52.2 Å². The van der Waals surface area contributed by atoms with E-state index in [9.17, 15) is 14.9 Å². The zero-order chi connectivity index (χ0) is 17.1. The molecular formula is C16H19N5O3. The zero-order valence-electron chi connectivity index (χ0n) is 13.4. The summed E-state index contributed by atoms with van der Waals surface area (Å²) in [6.07, 6.45) is 2.55. The highest BCUT2D eigenvalue weighted by molar-refractivity contribution is 5.92. The Bertz CT molecular complexity index is 758. The molecule has 1 N–H and O–H groups in total. The average molecular weight is 329 g/mol. The molecule has 8 heteroatoms. The smallest absolute Gasteiger partial charge is 0.294 e. The Balaban J connectivity index is 1.79. The summed E-state index contributed by atoms with van der Waals surface area (Å²) in [5, 5.41) is 18.5. The molecule has 0 aliphatic carbocycles. The van der Waals surface area contributed by atoms with Crippen molar-refractivity contribution in [3.63, 3.8) is 0 Å². The van der Waals surface area contributed by atoms with Crippen molar-refractivity contribution < 1.29 is 9.72 Å². The van der Waals surface area contributed by atoms with E-state index in [2.05, 4.69) is 10.4 Å². The third kappa shape index (κ3) is 3.13. The van der Waals surface area contributed by atoms with E-state index in [1.807, 2.05) is 7.05 Å². The lowest BCUT2D eigenvalue weighted by Crippen LogP contribution is -2.30. The van der Waals surface area contributed by atoms with Crippen LogP contribution < -0.4 is 5.32 Å². The third-order valence-electron chi connectivity index (χ3n) is 4.20. The maximum Gasteiger partial charge on any atom is 0.294 e. The van der Waals surface area contributed by atoms with Gasteiger partial charge in [-0.1, -0.05) is 12.1 Å². The third-order valence-corrected chi connectivity index (χ3v) is 4.20. The summed E-state index contributed by atoms with van der Waals surface area (Å²) in [6, 6.07) is 7.93. The molecule has 1 aliphatic rings. The minimum absolute atomic E-state index is 0.0464. The highest BCUT2D eigenvalue weighted by Crippen LogP contribution is 2.22. The minimum atomic E-state index is -0.457. The van der Waals surface area contributed by atoms with E-state index in [1.165, 1.54) is 10.7 Å². The molecule has 1 aromatic heterocycles. The molecule has 0 saturated carbocycles. The fourth-order valence-electron chi connectivity index (χ4n) is 3.02. The summed E-state index contributed by atoms with van der Waals surface area (Å²) in [5.74, 6) is 0.321. The number of nitro groups is 1. The predicted molar refractivity (Wildman–Crippen MR) is 88.2 cm³/mol. The van der Waals surface area contributed by atoms with Gasteiger partial charge in [0.15, 0.2) is 5.69 Å².